The van der Waals surface area contributed by atoms with Crippen molar-refractivity contribution in [2.45, 2.75) is 47.2 Å². The normalized spacial score (nSPS) is 11.2. The van der Waals surface area contributed by atoms with E-state index in [1.165, 1.54) is 0 Å². The van der Waals surface area contributed by atoms with Crippen LogP contribution in [0.25, 0.3) is 11.0 Å². The van der Waals surface area contributed by atoms with E-state index in [9.17, 15) is 4.79 Å². The predicted molar refractivity (Wildman–Crippen MR) is 124 cm³/mol. The summed E-state index contributed by atoms with van der Waals surface area (Å²) < 4.78 is 7.76. The Morgan fingerprint density at radius 2 is 1.91 bits per heavy atom. The molecule has 0 atom stereocenters. The van der Waals surface area contributed by atoms with Gasteiger partial charge in [-0.15, -0.1) is 0 Å². The van der Waals surface area contributed by atoms with Gasteiger partial charge in [0, 0.05) is 30.2 Å². The molecule has 0 unspecified atom stereocenters. The molecule has 1 N–H and O–H groups in total. The Morgan fingerprint density at radius 1 is 1.09 bits per heavy atom. The van der Waals surface area contributed by atoms with Gasteiger partial charge in [-0.1, -0.05) is 18.2 Å². The van der Waals surface area contributed by atoms with Crippen LogP contribution in [0.1, 0.15) is 52.6 Å². The minimum Gasteiger partial charge on any atom is -0.439 e. The Hall–Kier alpha value is -3.74. The molecule has 0 aliphatic heterocycles. The SMILES string of the molecule is Cc1ccc(C)c(Oc2ccc(CNC(=O)c3cc4cnn(C(C)C)c4nc3C)cn2)c1. The summed E-state index contributed by atoms with van der Waals surface area (Å²) in [5.74, 6) is 1.13. The third kappa shape index (κ3) is 4.46. The number of fused-ring (bicyclic) bond motifs is 1. The maximum absolute atomic E-state index is 12.8. The highest BCUT2D eigenvalue weighted by Gasteiger charge is 2.15. The maximum atomic E-state index is 12.8. The summed E-state index contributed by atoms with van der Waals surface area (Å²) in [6, 6.07) is 11.8. The number of hydrogen-bond acceptors (Lipinski definition) is 5. The van der Waals surface area contributed by atoms with E-state index in [0.29, 0.717) is 23.7 Å². The molecule has 0 fully saturated rings. The largest absolute Gasteiger partial charge is 0.439 e. The van der Waals surface area contributed by atoms with Crippen molar-refractivity contribution in [2.24, 2.45) is 0 Å². The predicted octanol–water partition coefficient (Wildman–Crippen LogP) is 5.05. The molecule has 3 heterocycles. The highest BCUT2D eigenvalue weighted by atomic mass is 16.5. The lowest BCUT2D eigenvalue weighted by molar-refractivity contribution is 0.0950. The molecular weight excluding hydrogens is 402 g/mol. The van der Waals surface area contributed by atoms with Crippen LogP contribution in [0.4, 0.5) is 0 Å². The lowest BCUT2D eigenvalue weighted by Crippen LogP contribution is -2.24. The minimum atomic E-state index is -0.176. The van der Waals surface area contributed by atoms with E-state index in [1.54, 1.807) is 12.4 Å². The van der Waals surface area contributed by atoms with Crippen LogP contribution in [-0.2, 0) is 6.54 Å². The fraction of sp³-hybridized carbons (Fsp3) is 0.280. The number of nitrogens with one attached hydrogen (secondary N) is 1. The van der Waals surface area contributed by atoms with Crippen LogP contribution in [0, 0.1) is 20.8 Å². The Bertz CT molecular complexity index is 1280. The average molecular weight is 430 g/mol. The molecule has 7 nitrogen and oxygen atoms in total. The van der Waals surface area contributed by atoms with Crippen LogP contribution in [0.2, 0.25) is 0 Å². The summed E-state index contributed by atoms with van der Waals surface area (Å²) in [5.41, 5.74) is 5.07. The van der Waals surface area contributed by atoms with Gasteiger partial charge in [-0.05, 0) is 63.4 Å². The molecule has 4 aromatic rings. The summed E-state index contributed by atoms with van der Waals surface area (Å²) in [5, 5.41) is 8.18. The van der Waals surface area contributed by atoms with Crippen molar-refractivity contribution in [3.63, 3.8) is 0 Å². The van der Waals surface area contributed by atoms with E-state index in [0.717, 1.165) is 33.5 Å². The number of rotatable bonds is 6. The number of aromatic nitrogens is 4. The van der Waals surface area contributed by atoms with E-state index in [4.69, 9.17) is 4.74 Å². The van der Waals surface area contributed by atoms with Gasteiger partial charge in [-0.2, -0.15) is 5.10 Å². The Labute approximate surface area is 187 Å². The van der Waals surface area contributed by atoms with E-state index in [1.807, 2.05) is 61.9 Å². The zero-order valence-electron chi connectivity index (χ0n) is 19.0. The molecule has 1 amide bonds. The van der Waals surface area contributed by atoms with Gasteiger partial charge in [0.1, 0.15) is 5.75 Å². The number of benzene rings is 1. The van der Waals surface area contributed by atoms with Crippen LogP contribution in [-0.4, -0.2) is 25.7 Å². The van der Waals surface area contributed by atoms with Crippen molar-refractivity contribution in [2.75, 3.05) is 0 Å². The van der Waals surface area contributed by atoms with Crippen LogP contribution in [0.5, 0.6) is 11.6 Å². The van der Waals surface area contributed by atoms with Gasteiger partial charge < -0.3 is 10.1 Å². The summed E-state index contributed by atoms with van der Waals surface area (Å²) in [6.45, 7) is 10.3. The number of aryl methyl sites for hydroxylation is 3. The molecule has 0 bridgehead atoms. The molecular formula is C25H27N5O2. The fourth-order valence-corrected chi connectivity index (χ4v) is 3.46. The van der Waals surface area contributed by atoms with Gasteiger partial charge in [0.15, 0.2) is 5.65 Å². The molecule has 0 spiro atoms. The third-order valence-corrected chi connectivity index (χ3v) is 5.30. The second-order valence-electron chi connectivity index (χ2n) is 8.28. The summed E-state index contributed by atoms with van der Waals surface area (Å²) in [4.78, 5) is 21.8. The molecule has 0 radical (unpaired) electrons. The van der Waals surface area contributed by atoms with Gasteiger partial charge in [0.25, 0.3) is 5.91 Å². The van der Waals surface area contributed by atoms with Crippen molar-refractivity contribution in [1.82, 2.24) is 25.1 Å². The average Bonchev–Trinajstić information content (AvgIpc) is 3.18. The van der Waals surface area contributed by atoms with Gasteiger partial charge in [-0.25, -0.2) is 14.6 Å². The number of amides is 1. The maximum Gasteiger partial charge on any atom is 0.253 e. The Balaban J connectivity index is 1.43. The first-order chi connectivity index (χ1) is 15.3. The van der Waals surface area contributed by atoms with E-state index in [2.05, 4.69) is 34.2 Å². The summed E-state index contributed by atoms with van der Waals surface area (Å²) >= 11 is 0. The molecule has 164 valence electrons. The minimum absolute atomic E-state index is 0.176. The fourth-order valence-electron chi connectivity index (χ4n) is 3.46. The molecule has 0 saturated carbocycles. The van der Waals surface area contributed by atoms with Crippen LogP contribution in [0.15, 0.2) is 48.8 Å². The van der Waals surface area contributed by atoms with Gasteiger partial charge in [0.05, 0.1) is 17.5 Å². The van der Waals surface area contributed by atoms with Gasteiger partial charge >= 0.3 is 0 Å². The Kier molecular flexibility index (Phi) is 5.90. The highest BCUT2D eigenvalue weighted by molar-refractivity contribution is 5.98. The zero-order chi connectivity index (χ0) is 22.8. The van der Waals surface area contributed by atoms with Gasteiger partial charge in [0.2, 0.25) is 5.88 Å². The number of ether oxygens (including phenoxy) is 1. The molecule has 7 heteroatoms. The summed E-state index contributed by atoms with van der Waals surface area (Å²) in [6.07, 6.45) is 3.46. The van der Waals surface area contributed by atoms with Crippen LogP contribution in [0.3, 0.4) is 0 Å². The quantitative estimate of drug-likeness (QED) is 0.464. The number of carbonyl (C=O) groups is 1. The third-order valence-electron chi connectivity index (χ3n) is 5.30. The topological polar surface area (TPSA) is 81.9 Å². The number of nitrogens with zero attached hydrogens (tertiary/aromatic N) is 4. The van der Waals surface area contributed by atoms with Crippen molar-refractivity contribution >= 4 is 16.9 Å². The second-order valence-corrected chi connectivity index (χ2v) is 8.28. The van der Waals surface area contributed by atoms with Gasteiger partial charge in [-0.3, -0.25) is 4.79 Å². The summed E-state index contributed by atoms with van der Waals surface area (Å²) in [7, 11) is 0. The highest BCUT2D eigenvalue weighted by Crippen LogP contribution is 2.25. The number of pyridine rings is 2. The van der Waals surface area contributed by atoms with Crippen molar-refractivity contribution in [1.29, 1.82) is 0 Å². The van der Waals surface area contributed by atoms with Crippen molar-refractivity contribution in [3.05, 3.63) is 76.7 Å². The molecule has 1 aromatic carbocycles. The first kappa shape index (κ1) is 21.5. The van der Waals surface area contributed by atoms with Crippen LogP contribution < -0.4 is 10.1 Å². The van der Waals surface area contributed by atoms with E-state index >= 15 is 0 Å². The molecule has 32 heavy (non-hydrogen) atoms. The van der Waals surface area contributed by atoms with Crippen molar-refractivity contribution in [3.8, 4) is 11.6 Å². The molecule has 0 aliphatic rings. The first-order valence-electron chi connectivity index (χ1n) is 10.6. The number of carbonyl (C=O) groups excluding carboxylic acids is 1. The smallest absolute Gasteiger partial charge is 0.253 e. The molecule has 0 aliphatic carbocycles. The van der Waals surface area contributed by atoms with E-state index < -0.39 is 0 Å². The lowest BCUT2D eigenvalue weighted by Gasteiger charge is -2.11. The molecule has 4 rings (SSSR count). The van der Waals surface area contributed by atoms with E-state index in [-0.39, 0.29) is 11.9 Å². The first-order valence-corrected chi connectivity index (χ1v) is 10.6. The second kappa shape index (κ2) is 8.78. The standard InChI is InChI=1S/C25H27N5O2/c1-15(2)30-24-20(14-28-30)11-21(18(5)29-24)25(31)27-13-19-8-9-23(26-12-19)32-22-10-16(3)6-7-17(22)4/h6-12,14-15H,13H2,1-5H3,(H,27,31). The number of hydrogen-bond donors (Lipinski definition) is 1. The monoisotopic (exact) mass is 429 g/mol. The Morgan fingerprint density at radius 3 is 2.62 bits per heavy atom. The van der Waals surface area contributed by atoms with Crippen LogP contribution >= 0.6 is 0 Å². The molecule has 0 saturated heterocycles. The zero-order valence-corrected chi connectivity index (χ0v) is 19.0. The lowest BCUT2D eigenvalue weighted by atomic mass is 10.1. The van der Waals surface area contributed by atoms with Crippen molar-refractivity contribution < 1.29 is 9.53 Å². The molecule has 3 aromatic heterocycles.